The predicted octanol–water partition coefficient (Wildman–Crippen LogP) is 6.14. The van der Waals surface area contributed by atoms with Crippen LogP contribution in [-0.4, -0.2) is 13.2 Å². The predicted molar refractivity (Wildman–Crippen MR) is 113 cm³/mol. The Balaban J connectivity index is 0.00000243. The van der Waals surface area contributed by atoms with Crippen LogP contribution in [0.2, 0.25) is 5.02 Å². The van der Waals surface area contributed by atoms with Crippen molar-refractivity contribution in [2.45, 2.75) is 44.9 Å². The molecule has 3 nitrogen and oxygen atoms in total. The lowest BCUT2D eigenvalue weighted by molar-refractivity contribution is 0.282. The first-order chi connectivity index (χ1) is 12.2. The molecule has 0 aromatic heterocycles. The van der Waals surface area contributed by atoms with E-state index in [9.17, 15) is 0 Å². The van der Waals surface area contributed by atoms with Gasteiger partial charge in [0.05, 0.1) is 11.6 Å². The summed E-state index contributed by atoms with van der Waals surface area (Å²) in [6, 6.07) is 12.5. The van der Waals surface area contributed by atoms with Gasteiger partial charge in [-0.05, 0) is 52.5 Å². The summed E-state index contributed by atoms with van der Waals surface area (Å²) >= 11 is 9.82. The maximum Gasteiger partial charge on any atom is 0.175 e. The monoisotopic (exact) mass is 459 g/mol. The molecule has 0 unspecified atom stereocenters. The van der Waals surface area contributed by atoms with Crippen LogP contribution in [-0.2, 0) is 13.2 Å². The van der Waals surface area contributed by atoms with Gasteiger partial charge in [0.15, 0.2) is 11.5 Å². The topological polar surface area (TPSA) is 30.5 Å². The molecule has 26 heavy (non-hydrogen) atoms. The van der Waals surface area contributed by atoms with Crippen molar-refractivity contribution in [2.75, 3.05) is 7.11 Å². The molecule has 142 valence electrons. The summed E-state index contributed by atoms with van der Waals surface area (Å²) in [6.07, 6.45) is 5.22. The van der Waals surface area contributed by atoms with Gasteiger partial charge in [0, 0.05) is 23.2 Å². The zero-order chi connectivity index (χ0) is 17.6. The van der Waals surface area contributed by atoms with Gasteiger partial charge in [-0.1, -0.05) is 42.6 Å². The molecule has 6 heteroatoms. The molecule has 0 spiro atoms. The molecule has 1 aliphatic rings. The van der Waals surface area contributed by atoms with Crippen molar-refractivity contribution in [3.63, 3.8) is 0 Å². The Bertz CT molecular complexity index is 721. The third-order valence-corrected chi connectivity index (χ3v) is 5.53. The van der Waals surface area contributed by atoms with E-state index in [2.05, 4.69) is 27.3 Å². The van der Waals surface area contributed by atoms with E-state index >= 15 is 0 Å². The highest BCUT2D eigenvalue weighted by atomic mass is 79.9. The molecule has 0 saturated heterocycles. The van der Waals surface area contributed by atoms with Crippen molar-refractivity contribution < 1.29 is 9.47 Å². The first-order valence-electron chi connectivity index (χ1n) is 8.63. The fourth-order valence-corrected chi connectivity index (χ4v) is 3.97. The normalized spacial score (nSPS) is 14.1. The molecule has 0 radical (unpaired) electrons. The minimum absolute atomic E-state index is 0. The van der Waals surface area contributed by atoms with Gasteiger partial charge in [-0.25, -0.2) is 0 Å². The Kier molecular flexibility index (Phi) is 8.55. The quantitative estimate of drug-likeness (QED) is 0.537. The Hall–Kier alpha value is -0.940. The number of ether oxygens (including phenoxy) is 2. The van der Waals surface area contributed by atoms with Crippen molar-refractivity contribution in [3.8, 4) is 11.5 Å². The van der Waals surface area contributed by atoms with Crippen molar-refractivity contribution in [1.29, 1.82) is 0 Å². The molecule has 1 fully saturated rings. The van der Waals surface area contributed by atoms with Gasteiger partial charge in [-0.3, -0.25) is 0 Å². The first kappa shape index (κ1) is 21.4. The second-order valence-electron chi connectivity index (χ2n) is 6.35. The van der Waals surface area contributed by atoms with E-state index in [1.54, 1.807) is 7.11 Å². The average Bonchev–Trinajstić information content (AvgIpc) is 3.13. The first-order valence-corrected chi connectivity index (χ1v) is 9.80. The van der Waals surface area contributed by atoms with Crippen LogP contribution < -0.4 is 14.8 Å². The van der Waals surface area contributed by atoms with E-state index in [0.29, 0.717) is 23.4 Å². The van der Waals surface area contributed by atoms with Gasteiger partial charge in [0.25, 0.3) is 0 Å². The number of hydrogen-bond donors (Lipinski definition) is 1. The van der Waals surface area contributed by atoms with E-state index in [1.165, 1.54) is 31.2 Å². The van der Waals surface area contributed by atoms with Gasteiger partial charge < -0.3 is 14.8 Å². The molecule has 0 heterocycles. The third-order valence-electron chi connectivity index (χ3n) is 4.57. The Morgan fingerprint density at radius 1 is 1.19 bits per heavy atom. The zero-order valence-electron chi connectivity index (χ0n) is 14.8. The summed E-state index contributed by atoms with van der Waals surface area (Å²) in [4.78, 5) is 0. The number of nitrogens with one attached hydrogen (secondary N) is 1. The minimum Gasteiger partial charge on any atom is -0.493 e. The fourth-order valence-electron chi connectivity index (χ4n) is 3.17. The van der Waals surface area contributed by atoms with Crippen molar-refractivity contribution in [2.24, 2.45) is 0 Å². The molecule has 0 amide bonds. The van der Waals surface area contributed by atoms with E-state index in [1.807, 2.05) is 30.3 Å². The summed E-state index contributed by atoms with van der Waals surface area (Å²) in [6.45, 7) is 1.23. The lowest BCUT2D eigenvalue weighted by Gasteiger charge is -2.16. The van der Waals surface area contributed by atoms with Crippen LogP contribution in [0.25, 0.3) is 0 Å². The van der Waals surface area contributed by atoms with Crippen LogP contribution in [0.5, 0.6) is 11.5 Å². The maximum absolute atomic E-state index is 6.20. The second kappa shape index (κ2) is 10.4. The molecule has 0 atom stereocenters. The highest BCUT2D eigenvalue weighted by molar-refractivity contribution is 9.10. The number of rotatable bonds is 7. The van der Waals surface area contributed by atoms with Crippen LogP contribution in [0.4, 0.5) is 0 Å². The lowest BCUT2D eigenvalue weighted by Crippen LogP contribution is -2.25. The van der Waals surface area contributed by atoms with E-state index in [4.69, 9.17) is 21.1 Å². The summed E-state index contributed by atoms with van der Waals surface area (Å²) in [5.74, 6) is 1.43. The van der Waals surface area contributed by atoms with Crippen LogP contribution in [0, 0.1) is 0 Å². The van der Waals surface area contributed by atoms with Gasteiger partial charge in [0.1, 0.15) is 6.61 Å². The smallest absolute Gasteiger partial charge is 0.175 e. The fraction of sp³-hybridized carbons (Fsp3) is 0.400. The molecule has 1 N–H and O–H groups in total. The standard InChI is InChI=1S/C20H23BrClNO2.ClH/c1-24-19-11-14(12-23-16-7-3-4-8-16)10-17(21)20(19)25-13-15-6-2-5-9-18(15)22;/h2,5-6,9-11,16,23H,3-4,7-8,12-13H2,1H3;1H. The number of methoxy groups -OCH3 is 1. The molecule has 1 aliphatic carbocycles. The molecule has 3 rings (SSSR count). The zero-order valence-corrected chi connectivity index (χ0v) is 17.9. The van der Waals surface area contributed by atoms with Crippen LogP contribution in [0.3, 0.4) is 0 Å². The summed E-state index contributed by atoms with van der Waals surface area (Å²) in [5, 5.41) is 4.33. The van der Waals surface area contributed by atoms with Crippen LogP contribution >= 0.6 is 39.9 Å². The number of hydrogen-bond acceptors (Lipinski definition) is 3. The van der Waals surface area contributed by atoms with Gasteiger partial charge in [0.2, 0.25) is 0 Å². The Morgan fingerprint density at radius 3 is 2.62 bits per heavy atom. The number of halogens is 3. The molecule has 0 aliphatic heterocycles. The molecular formula is C20H24BrCl2NO2. The van der Waals surface area contributed by atoms with Gasteiger partial charge >= 0.3 is 0 Å². The molecular weight excluding hydrogens is 437 g/mol. The van der Waals surface area contributed by atoms with E-state index in [-0.39, 0.29) is 12.4 Å². The summed E-state index contributed by atoms with van der Waals surface area (Å²) in [5.41, 5.74) is 2.13. The number of benzene rings is 2. The highest BCUT2D eigenvalue weighted by Crippen LogP contribution is 2.37. The van der Waals surface area contributed by atoms with Crippen molar-refractivity contribution in [1.82, 2.24) is 5.32 Å². The molecule has 0 bridgehead atoms. The maximum atomic E-state index is 6.20. The Morgan fingerprint density at radius 2 is 1.92 bits per heavy atom. The minimum atomic E-state index is 0. The van der Waals surface area contributed by atoms with Crippen LogP contribution in [0.1, 0.15) is 36.8 Å². The van der Waals surface area contributed by atoms with E-state index < -0.39 is 0 Å². The SMILES string of the molecule is COc1cc(CNC2CCCC2)cc(Br)c1OCc1ccccc1Cl.Cl. The summed E-state index contributed by atoms with van der Waals surface area (Å²) < 4.78 is 12.4. The van der Waals surface area contributed by atoms with E-state index in [0.717, 1.165) is 22.3 Å². The van der Waals surface area contributed by atoms with Crippen molar-refractivity contribution in [3.05, 3.63) is 57.0 Å². The molecule has 2 aromatic carbocycles. The van der Waals surface area contributed by atoms with Crippen LogP contribution in [0.15, 0.2) is 40.9 Å². The average molecular weight is 461 g/mol. The third kappa shape index (κ3) is 5.53. The largest absolute Gasteiger partial charge is 0.493 e. The van der Waals surface area contributed by atoms with Gasteiger partial charge in [-0.15, -0.1) is 12.4 Å². The molecule has 1 saturated carbocycles. The Labute approximate surface area is 175 Å². The summed E-state index contributed by atoms with van der Waals surface area (Å²) in [7, 11) is 1.66. The lowest BCUT2D eigenvalue weighted by atomic mass is 10.1. The van der Waals surface area contributed by atoms with Gasteiger partial charge in [-0.2, -0.15) is 0 Å². The highest BCUT2D eigenvalue weighted by Gasteiger charge is 2.16. The van der Waals surface area contributed by atoms with Crippen molar-refractivity contribution >= 4 is 39.9 Å². The second-order valence-corrected chi connectivity index (χ2v) is 7.61. The molecule has 2 aromatic rings.